The molecule has 1 atom stereocenters. The summed E-state index contributed by atoms with van der Waals surface area (Å²) in [5.41, 5.74) is 4.49. The maximum Gasteiger partial charge on any atom is 0.131 e. The summed E-state index contributed by atoms with van der Waals surface area (Å²) >= 11 is 5.90. The summed E-state index contributed by atoms with van der Waals surface area (Å²) in [5.74, 6) is 0. The molecule has 1 N–H and O–H groups in total. The molecule has 102 valence electrons. The van der Waals surface area contributed by atoms with Crippen LogP contribution in [0.5, 0.6) is 0 Å². The Kier molecular flexibility index (Phi) is 4.10. The summed E-state index contributed by atoms with van der Waals surface area (Å²) in [4.78, 5) is 3.98. The van der Waals surface area contributed by atoms with Gasteiger partial charge in [0.2, 0.25) is 0 Å². The van der Waals surface area contributed by atoms with E-state index in [-0.39, 0.29) is 6.04 Å². The molecular formula is C14H19ClN4. The molecule has 2 heterocycles. The van der Waals surface area contributed by atoms with E-state index >= 15 is 0 Å². The van der Waals surface area contributed by atoms with Gasteiger partial charge in [-0.25, -0.2) is 4.98 Å². The highest BCUT2D eigenvalue weighted by Gasteiger charge is 2.16. The standard InChI is InChI=1S/C14H19ClN4/c1-5-19-11(4)14(10(3)18-19)9(2)17-12-6-7-16-13(15)8-12/h6-9H,5H2,1-4H3,(H,16,17). The summed E-state index contributed by atoms with van der Waals surface area (Å²) < 4.78 is 2.03. The van der Waals surface area contributed by atoms with E-state index in [1.54, 1.807) is 6.20 Å². The number of hydrogen-bond acceptors (Lipinski definition) is 3. The van der Waals surface area contributed by atoms with Crippen LogP contribution >= 0.6 is 11.6 Å². The van der Waals surface area contributed by atoms with Gasteiger partial charge in [-0.05, 0) is 39.8 Å². The quantitative estimate of drug-likeness (QED) is 0.867. The molecule has 0 bridgehead atoms. The molecule has 19 heavy (non-hydrogen) atoms. The number of hydrogen-bond donors (Lipinski definition) is 1. The van der Waals surface area contributed by atoms with Crippen molar-refractivity contribution in [1.29, 1.82) is 0 Å². The van der Waals surface area contributed by atoms with E-state index < -0.39 is 0 Å². The lowest BCUT2D eigenvalue weighted by Gasteiger charge is -2.16. The Bertz CT molecular complexity index is 577. The monoisotopic (exact) mass is 278 g/mol. The van der Waals surface area contributed by atoms with Crippen molar-refractivity contribution in [2.75, 3.05) is 5.32 Å². The van der Waals surface area contributed by atoms with Gasteiger partial charge in [-0.3, -0.25) is 4.68 Å². The molecule has 1 unspecified atom stereocenters. The van der Waals surface area contributed by atoms with E-state index in [0.29, 0.717) is 5.15 Å². The van der Waals surface area contributed by atoms with Crippen molar-refractivity contribution in [3.05, 3.63) is 40.4 Å². The average Bonchev–Trinajstić information content (AvgIpc) is 2.64. The predicted octanol–water partition coefficient (Wildman–Crippen LogP) is 3.74. The molecule has 0 saturated carbocycles. The molecule has 5 heteroatoms. The molecule has 0 aliphatic rings. The van der Waals surface area contributed by atoms with E-state index in [2.05, 4.69) is 36.2 Å². The molecule has 2 rings (SSSR count). The number of halogens is 1. The zero-order valence-electron chi connectivity index (χ0n) is 11.7. The van der Waals surface area contributed by atoms with Crippen LogP contribution in [-0.4, -0.2) is 14.8 Å². The Balaban J connectivity index is 2.25. The maximum absolute atomic E-state index is 5.90. The third kappa shape index (κ3) is 2.89. The van der Waals surface area contributed by atoms with Gasteiger partial charge in [0.05, 0.1) is 11.7 Å². The van der Waals surface area contributed by atoms with Crippen molar-refractivity contribution in [2.45, 2.75) is 40.3 Å². The first-order chi connectivity index (χ1) is 9.02. The second-order valence-corrected chi connectivity index (χ2v) is 5.02. The average molecular weight is 279 g/mol. The van der Waals surface area contributed by atoms with Gasteiger partial charge in [-0.2, -0.15) is 5.10 Å². The Morgan fingerprint density at radius 2 is 2.16 bits per heavy atom. The van der Waals surface area contributed by atoms with E-state index in [1.165, 1.54) is 11.3 Å². The molecule has 0 fully saturated rings. The van der Waals surface area contributed by atoms with Gasteiger partial charge in [-0.1, -0.05) is 11.6 Å². The lowest BCUT2D eigenvalue weighted by atomic mass is 10.1. The highest BCUT2D eigenvalue weighted by Crippen LogP contribution is 2.25. The van der Waals surface area contributed by atoms with Crippen LogP contribution in [0.3, 0.4) is 0 Å². The molecule has 0 saturated heterocycles. The molecule has 0 spiro atoms. The van der Waals surface area contributed by atoms with E-state index in [4.69, 9.17) is 11.6 Å². The summed E-state index contributed by atoms with van der Waals surface area (Å²) in [7, 11) is 0. The number of nitrogens with one attached hydrogen (secondary N) is 1. The smallest absolute Gasteiger partial charge is 0.131 e. The lowest BCUT2D eigenvalue weighted by molar-refractivity contribution is 0.632. The van der Waals surface area contributed by atoms with Crippen LogP contribution < -0.4 is 5.32 Å². The van der Waals surface area contributed by atoms with Crippen LogP contribution in [0.15, 0.2) is 18.3 Å². The SMILES string of the molecule is CCn1nc(C)c(C(C)Nc2ccnc(Cl)c2)c1C. The van der Waals surface area contributed by atoms with E-state index in [0.717, 1.165) is 17.9 Å². The third-order valence-electron chi connectivity index (χ3n) is 3.28. The van der Waals surface area contributed by atoms with Gasteiger partial charge in [-0.15, -0.1) is 0 Å². The summed E-state index contributed by atoms with van der Waals surface area (Å²) in [6.45, 7) is 9.28. The Morgan fingerprint density at radius 3 is 2.74 bits per heavy atom. The third-order valence-corrected chi connectivity index (χ3v) is 3.49. The van der Waals surface area contributed by atoms with Crippen LogP contribution in [0.1, 0.15) is 36.8 Å². The molecule has 0 aromatic carbocycles. The van der Waals surface area contributed by atoms with Crippen molar-refractivity contribution in [3.63, 3.8) is 0 Å². The molecule has 4 nitrogen and oxygen atoms in total. The second kappa shape index (κ2) is 5.61. The number of aromatic nitrogens is 3. The molecule has 0 radical (unpaired) electrons. The Labute approximate surface area is 118 Å². The van der Waals surface area contributed by atoms with Crippen molar-refractivity contribution < 1.29 is 0 Å². The number of nitrogens with zero attached hydrogens (tertiary/aromatic N) is 3. The normalized spacial score (nSPS) is 12.5. The van der Waals surface area contributed by atoms with Crippen LogP contribution in [-0.2, 0) is 6.54 Å². The highest BCUT2D eigenvalue weighted by molar-refractivity contribution is 6.29. The largest absolute Gasteiger partial charge is 0.378 e. The first-order valence-corrected chi connectivity index (χ1v) is 6.82. The first kappa shape index (κ1) is 13.9. The zero-order chi connectivity index (χ0) is 14.0. The molecule has 0 aliphatic carbocycles. The van der Waals surface area contributed by atoms with Gasteiger partial charge in [0.15, 0.2) is 0 Å². The second-order valence-electron chi connectivity index (χ2n) is 4.63. The van der Waals surface area contributed by atoms with Gasteiger partial charge >= 0.3 is 0 Å². The van der Waals surface area contributed by atoms with Crippen LogP contribution in [0.2, 0.25) is 5.15 Å². The number of pyridine rings is 1. The fraction of sp³-hybridized carbons (Fsp3) is 0.429. The molecule has 2 aromatic heterocycles. The summed E-state index contributed by atoms with van der Waals surface area (Å²) in [5, 5.41) is 8.48. The van der Waals surface area contributed by atoms with Crippen molar-refractivity contribution in [2.24, 2.45) is 0 Å². The topological polar surface area (TPSA) is 42.7 Å². The minimum absolute atomic E-state index is 0.179. The summed E-state index contributed by atoms with van der Waals surface area (Å²) in [6.07, 6.45) is 1.70. The van der Waals surface area contributed by atoms with Gasteiger partial charge in [0.25, 0.3) is 0 Å². The van der Waals surface area contributed by atoms with Crippen LogP contribution in [0, 0.1) is 13.8 Å². The van der Waals surface area contributed by atoms with Crippen LogP contribution in [0.4, 0.5) is 5.69 Å². The molecule has 0 aliphatic heterocycles. The molecular weight excluding hydrogens is 260 g/mol. The van der Waals surface area contributed by atoms with Gasteiger partial charge in [0, 0.05) is 29.7 Å². The fourth-order valence-electron chi connectivity index (χ4n) is 2.46. The van der Waals surface area contributed by atoms with E-state index in [9.17, 15) is 0 Å². The fourth-order valence-corrected chi connectivity index (χ4v) is 2.63. The van der Waals surface area contributed by atoms with Crippen molar-refractivity contribution in [3.8, 4) is 0 Å². The van der Waals surface area contributed by atoms with Crippen LogP contribution in [0.25, 0.3) is 0 Å². The summed E-state index contributed by atoms with van der Waals surface area (Å²) in [6, 6.07) is 3.92. The molecule has 0 amide bonds. The zero-order valence-corrected chi connectivity index (χ0v) is 12.5. The lowest BCUT2D eigenvalue weighted by Crippen LogP contribution is -2.09. The number of anilines is 1. The minimum atomic E-state index is 0.179. The number of aryl methyl sites for hydroxylation is 2. The Hall–Kier alpha value is -1.55. The first-order valence-electron chi connectivity index (χ1n) is 6.45. The van der Waals surface area contributed by atoms with Gasteiger partial charge < -0.3 is 5.32 Å². The maximum atomic E-state index is 5.90. The highest BCUT2D eigenvalue weighted by atomic mass is 35.5. The predicted molar refractivity (Wildman–Crippen MR) is 78.7 cm³/mol. The van der Waals surface area contributed by atoms with Crippen molar-refractivity contribution in [1.82, 2.24) is 14.8 Å². The number of rotatable bonds is 4. The van der Waals surface area contributed by atoms with E-state index in [1.807, 2.05) is 23.7 Å². The van der Waals surface area contributed by atoms with Crippen molar-refractivity contribution >= 4 is 17.3 Å². The minimum Gasteiger partial charge on any atom is -0.378 e. The van der Waals surface area contributed by atoms with Gasteiger partial charge in [0.1, 0.15) is 5.15 Å². The Morgan fingerprint density at radius 1 is 1.42 bits per heavy atom. The molecule has 2 aromatic rings.